The molecular formula is C24H31N7O2. The highest BCUT2D eigenvalue weighted by molar-refractivity contribution is 5.93. The van der Waals surface area contributed by atoms with Crippen molar-refractivity contribution in [2.24, 2.45) is 0 Å². The van der Waals surface area contributed by atoms with Crippen LogP contribution in [0.4, 0.5) is 5.82 Å². The molecule has 1 saturated carbocycles. The lowest BCUT2D eigenvalue weighted by atomic mass is 10.1. The van der Waals surface area contributed by atoms with Gasteiger partial charge in [-0.05, 0) is 38.0 Å². The van der Waals surface area contributed by atoms with Gasteiger partial charge in [0.2, 0.25) is 0 Å². The monoisotopic (exact) mass is 449 g/mol. The number of piperazine rings is 1. The van der Waals surface area contributed by atoms with Gasteiger partial charge in [0, 0.05) is 57.3 Å². The Morgan fingerprint density at radius 1 is 1.15 bits per heavy atom. The summed E-state index contributed by atoms with van der Waals surface area (Å²) in [5, 5.41) is 12.1. The molecule has 4 heterocycles. The molecule has 2 aromatic heterocycles. The number of aromatic amines is 1. The molecular weight excluding hydrogens is 418 g/mol. The van der Waals surface area contributed by atoms with E-state index in [9.17, 15) is 0 Å². The van der Waals surface area contributed by atoms with Crippen molar-refractivity contribution < 1.29 is 9.47 Å². The number of anilines is 1. The van der Waals surface area contributed by atoms with Crippen LogP contribution in [-0.4, -0.2) is 89.2 Å². The highest BCUT2D eigenvalue weighted by Crippen LogP contribution is 2.40. The van der Waals surface area contributed by atoms with Crippen LogP contribution in [0.15, 0.2) is 30.6 Å². The minimum Gasteiger partial charge on any atom is -0.488 e. The quantitative estimate of drug-likeness (QED) is 0.591. The Labute approximate surface area is 193 Å². The Hall–Kier alpha value is -2.75. The molecule has 0 unspecified atom stereocenters. The molecule has 3 aromatic rings. The van der Waals surface area contributed by atoms with Gasteiger partial charge in [0.15, 0.2) is 0 Å². The van der Waals surface area contributed by atoms with E-state index in [4.69, 9.17) is 9.47 Å². The second-order valence-electron chi connectivity index (χ2n) is 9.58. The largest absolute Gasteiger partial charge is 0.488 e. The topological polar surface area (TPSA) is 91.4 Å². The second-order valence-corrected chi connectivity index (χ2v) is 9.58. The third-order valence-electron chi connectivity index (χ3n) is 6.91. The molecule has 2 saturated heterocycles. The summed E-state index contributed by atoms with van der Waals surface area (Å²) in [5.41, 5.74) is 2.62. The summed E-state index contributed by atoms with van der Waals surface area (Å²) in [6.07, 6.45) is 4.15. The Bertz CT molecular complexity index is 1110. The number of benzene rings is 1. The molecule has 9 nitrogen and oxygen atoms in total. The van der Waals surface area contributed by atoms with Crippen molar-refractivity contribution in [2.75, 3.05) is 57.3 Å². The number of aromatic nitrogens is 4. The molecule has 9 heteroatoms. The van der Waals surface area contributed by atoms with Crippen LogP contribution in [0.1, 0.15) is 19.8 Å². The van der Waals surface area contributed by atoms with E-state index in [-0.39, 0.29) is 5.60 Å². The maximum Gasteiger partial charge on any atom is 0.132 e. The van der Waals surface area contributed by atoms with E-state index >= 15 is 0 Å². The van der Waals surface area contributed by atoms with Gasteiger partial charge >= 0.3 is 0 Å². The minimum atomic E-state index is -0.0125. The molecule has 3 aliphatic rings. The van der Waals surface area contributed by atoms with Gasteiger partial charge in [-0.2, -0.15) is 5.10 Å². The highest BCUT2D eigenvalue weighted by atomic mass is 16.5. The molecule has 0 bridgehead atoms. The normalized spacial score (nSPS) is 23.1. The van der Waals surface area contributed by atoms with E-state index in [0.29, 0.717) is 6.10 Å². The first-order chi connectivity index (χ1) is 16.2. The maximum atomic E-state index is 6.16. The van der Waals surface area contributed by atoms with Crippen molar-refractivity contribution in [3.8, 4) is 17.1 Å². The van der Waals surface area contributed by atoms with Gasteiger partial charge in [-0.3, -0.25) is 10.00 Å². The molecule has 0 radical (unpaired) electrons. The predicted octanol–water partition coefficient (Wildman–Crippen LogP) is 2.06. The fraction of sp³-hybridized carbons (Fsp3) is 0.542. The zero-order valence-corrected chi connectivity index (χ0v) is 19.1. The van der Waals surface area contributed by atoms with Gasteiger partial charge in [-0.1, -0.05) is 0 Å². The zero-order chi connectivity index (χ0) is 22.3. The standard InChI is InChI=1S/C24H31N7O2/c1-24(4-5-24)33-17-2-3-20-19(12-17)23(29-28-20)21-13-22(27-16-26-21)31-9-7-30(8-10-31)15-18-14-25-6-11-32-18/h2-3,12-13,16,18,25H,4-11,14-15H2,1H3,(H,28,29)/t18-/m1/s1. The molecule has 6 rings (SSSR count). The molecule has 33 heavy (non-hydrogen) atoms. The molecule has 1 aromatic carbocycles. The number of hydrogen-bond acceptors (Lipinski definition) is 8. The zero-order valence-electron chi connectivity index (χ0n) is 19.1. The van der Waals surface area contributed by atoms with Crippen LogP contribution in [0, 0.1) is 0 Å². The lowest BCUT2D eigenvalue weighted by Crippen LogP contribution is -2.52. The van der Waals surface area contributed by atoms with Crippen molar-refractivity contribution in [2.45, 2.75) is 31.5 Å². The lowest BCUT2D eigenvalue weighted by Gasteiger charge is -2.37. The molecule has 1 atom stereocenters. The van der Waals surface area contributed by atoms with Gasteiger partial charge < -0.3 is 19.7 Å². The van der Waals surface area contributed by atoms with Gasteiger partial charge in [0.25, 0.3) is 0 Å². The van der Waals surface area contributed by atoms with Crippen LogP contribution in [0.5, 0.6) is 5.75 Å². The summed E-state index contributed by atoms with van der Waals surface area (Å²) in [5.74, 6) is 1.83. The molecule has 0 amide bonds. The third kappa shape index (κ3) is 4.53. The number of ether oxygens (including phenoxy) is 2. The Morgan fingerprint density at radius 3 is 2.82 bits per heavy atom. The number of H-pyrrole nitrogens is 1. The summed E-state index contributed by atoms with van der Waals surface area (Å²) < 4.78 is 12.0. The first-order valence-corrected chi connectivity index (χ1v) is 11.9. The van der Waals surface area contributed by atoms with Gasteiger partial charge in [0.05, 0.1) is 23.9 Å². The van der Waals surface area contributed by atoms with E-state index in [0.717, 1.165) is 99.1 Å². The maximum absolute atomic E-state index is 6.16. The summed E-state index contributed by atoms with van der Waals surface area (Å²) in [6, 6.07) is 8.16. The van der Waals surface area contributed by atoms with Crippen molar-refractivity contribution >= 4 is 16.7 Å². The number of nitrogens with zero attached hydrogens (tertiary/aromatic N) is 5. The van der Waals surface area contributed by atoms with Crippen LogP contribution in [0.2, 0.25) is 0 Å². The first kappa shape index (κ1) is 20.8. The molecule has 3 fully saturated rings. The van der Waals surface area contributed by atoms with Crippen molar-refractivity contribution in [3.05, 3.63) is 30.6 Å². The molecule has 2 aliphatic heterocycles. The SMILES string of the molecule is CC1(Oc2ccc3[nH]nc(-c4cc(N5CCN(C[C@H]6CNCCO6)CC5)ncn4)c3c2)CC1. The van der Waals surface area contributed by atoms with E-state index in [1.54, 1.807) is 6.33 Å². The van der Waals surface area contributed by atoms with Crippen LogP contribution < -0.4 is 15.0 Å². The van der Waals surface area contributed by atoms with Gasteiger partial charge in [-0.25, -0.2) is 9.97 Å². The van der Waals surface area contributed by atoms with E-state index in [1.165, 1.54) is 0 Å². The van der Waals surface area contributed by atoms with E-state index in [1.807, 2.05) is 12.1 Å². The Balaban J connectivity index is 1.16. The number of nitrogens with one attached hydrogen (secondary N) is 2. The average Bonchev–Trinajstić information content (AvgIpc) is 3.42. The lowest BCUT2D eigenvalue weighted by molar-refractivity contribution is 0.00463. The third-order valence-corrected chi connectivity index (χ3v) is 6.91. The Kier molecular flexibility index (Phi) is 5.40. The number of morpholine rings is 1. The average molecular weight is 450 g/mol. The molecule has 2 N–H and O–H groups in total. The number of hydrogen-bond donors (Lipinski definition) is 2. The molecule has 1 aliphatic carbocycles. The van der Waals surface area contributed by atoms with Crippen LogP contribution in [0.3, 0.4) is 0 Å². The number of rotatable bonds is 6. The highest BCUT2D eigenvalue weighted by Gasteiger charge is 2.40. The predicted molar refractivity (Wildman–Crippen MR) is 127 cm³/mol. The van der Waals surface area contributed by atoms with Gasteiger partial charge in [-0.15, -0.1) is 0 Å². The number of fused-ring (bicyclic) bond motifs is 1. The smallest absolute Gasteiger partial charge is 0.132 e. The van der Waals surface area contributed by atoms with E-state index < -0.39 is 0 Å². The van der Waals surface area contributed by atoms with Crippen molar-refractivity contribution in [1.82, 2.24) is 30.4 Å². The van der Waals surface area contributed by atoms with Gasteiger partial charge in [0.1, 0.15) is 29.2 Å². The van der Waals surface area contributed by atoms with E-state index in [2.05, 4.69) is 54.3 Å². The summed E-state index contributed by atoms with van der Waals surface area (Å²) >= 11 is 0. The fourth-order valence-corrected chi connectivity index (χ4v) is 4.65. The van der Waals surface area contributed by atoms with Crippen LogP contribution in [-0.2, 0) is 4.74 Å². The summed E-state index contributed by atoms with van der Waals surface area (Å²) in [4.78, 5) is 13.9. The fourth-order valence-electron chi connectivity index (χ4n) is 4.65. The second kappa shape index (κ2) is 8.55. The minimum absolute atomic E-state index is 0.0125. The van der Waals surface area contributed by atoms with Crippen molar-refractivity contribution in [3.63, 3.8) is 0 Å². The van der Waals surface area contributed by atoms with Crippen LogP contribution in [0.25, 0.3) is 22.3 Å². The summed E-state index contributed by atoms with van der Waals surface area (Å²) in [7, 11) is 0. The summed E-state index contributed by atoms with van der Waals surface area (Å²) in [6.45, 7) is 9.74. The molecule has 174 valence electrons. The van der Waals surface area contributed by atoms with Crippen LogP contribution >= 0.6 is 0 Å². The first-order valence-electron chi connectivity index (χ1n) is 11.9. The van der Waals surface area contributed by atoms with Crippen molar-refractivity contribution in [1.29, 1.82) is 0 Å². The Morgan fingerprint density at radius 2 is 2.03 bits per heavy atom. The molecule has 0 spiro atoms.